The fourth-order valence-corrected chi connectivity index (χ4v) is 3.02. The Labute approximate surface area is 124 Å². The molecule has 0 saturated heterocycles. The van der Waals surface area contributed by atoms with Crippen LogP contribution >= 0.6 is 0 Å². The van der Waals surface area contributed by atoms with Gasteiger partial charge in [0, 0.05) is 0 Å². The number of esters is 2. The molecule has 0 aromatic rings. The summed E-state index contributed by atoms with van der Waals surface area (Å²) in [7, 11) is 0. The molecule has 0 radical (unpaired) electrons. The van der Waals surface area contributed by atoms with Crippen molar-refractivity contribution >= 4 is 11.9 Å². The molecule has 2 aliphatic rings. The number of hydrogen-bond donors (Lipinski definition) is 0. The van der Waals surface area contributed by atoms with Crippen LogP contribution in [0.5, 0.6) is 0 Å². The number of carbonyl (C=O) groups excluding carboxylic acids is 2. The molecule has 1 fully saturated rings. The van der Waals surface area contributed by atoms with E-state index >= 15 is 0 Å². The van der Waals surface area contributed by atoms with E-state index in [1.54, 1.807) is 13.8 Å². The maximum absolute atomic E-state index is 12.2. The first-order valence-electron chi connectivity index (χ1n) is 6.99. The van der Waals surface area contributed by atoms with Crippen LogP contribution in [0.1, 0.15) is 20.3 Å². The van der Waals surface area contributed by atoms with Crippen LogP contribution in [0.15, 0.2) is 12.2 Å². The first kappa shape index (κ1) is 15.2. The molecule has 0 unspecified atom stereocenters. The molecular weight excluding hydrogens is 268 g/mol. The zero-order valence-corrected chi connectivity index (χ0v) is 12.2. The highest BCUT2D eigenvalue weighted by Crippen LogP contribution is 2.48. The lowest BCUT2D eigenvalue weighted by Crippen LogP contribution is -2.35. The molecule has 4 atom stereocenters. The van der Waals surface area contributed by atoms with Gasteiger partial charge < -0.3 is 9.47 Å². The van der Waals surface area contributed by atoms with Gasteiger partial charge in [0.05, 0.1) is 11.8 Å². The van der Waals surface area contributed by atoms with Crippen molar-refractivity contribution in [3.8, 4) is 23.7 Å². The molecule has 0 aromatic heterocycles. The maximum atomic E-state index is 12.2. The van der Waals surface area contributed by atoms with E-state index in [2.05, 4.69) is 23.7 Å². The van der Waals surface area contributed by atoms with Gasteiger partial charge >= 0.3 is 11.9 Å². The number of rotatable bonds is 4. The van der Waals surface area contributed by atoms with E-state index in [1.807, 2.05) is 12.2 Å². The number of ether oxygens (including phenoxy) is 2. The van der Waals surface area contributed by atoms with Gasteiger partial charge in [-0.1, -0.05) is 24.0 Å². The summed E-state index contributed by atoms with van der Waals surface area (Å²) in [5, 5.41) is 0. The quantitative estimate of drug-likeness (QED) is 0.447. The lowest BCUT2D eigenvalue weighted by Gasteiger charge is -2.24. The number of carbonyl (C=O) groups is 2. The van der Waals surface area contributed by atoms with Crippen LogP contribution in [-0.4, -0.2) is 25.2 Å². The normalized spacial score (nSPS) is 28.1. The Balaban J connectivity index is 2.04. The topological polar surface area (TPSA) is 52.6 Å². The SMILES string of the molecule is CC#CCOC(=O)[C@@H]1[C@H](C(=O)OCC#CC)[C@@H]2C=C[C@H]1C2. The summed E-state index contributed by atoms with van der Waals surface area (Å²) < 4.78 is 10.3. The third-order valence-corrected chi connectivity index (χ3v) is 3.93. The Kier molecular flexibility index (Phi) is 5.06. The molecule has 21 heavy (non-hydrogen) atoms. The van der Waals surface area contributed by atoms with E-state index in [-0.39, 0.29) is 37.0 Å². The van der Waals surface area contributed by atoms with Gasteiger partial charge in [-0.05, 0) is 32.1 Å². The van der Waals surface area contributed by atoms with Gasteiger partial charge in [-0.25, -0.2) is 0 Å². The van der Waals surface area contributed by atoms with Crippen LogP contribution in [0, 0.1) is 47.4 Å². The fourth-order valence-electron chi connectivity index (χ4n) is 3.02. The molecule has 0 aliphatic heterocycles. The summed E-state index contributed by atoms with van der Waals surface area (Å²) in [6, 6.07) is 0. The van der Waals surface area contributed by atoms with Crippen LogP contribution in [-0.2, 0) is 19.1 Å². The van der Waals surface area contributed by atoms with Crippen molar-refractivity contribution in [1.29, 1.82) is 0 Å². The summed E-state index contributed by atoms with van der Waals surface area (Å²) in [6.07, 6.45) is 4.80. The second-order valence-corrected chi connectivity index (χ2v) is 5.07. The lowest BCUT2D eigenvalue weighted by atomic mass is 9.83. The van der Waals surface area contributed by atoms with Gasteiger partial charge in [0.2, 0.25) is 0 Å². The molecule has 2 aliphatic carbocycles. The Morgan fingerprint density at radius 2 is 1.38 bits per heavy atom. The second kappa shape index (κ2) is 6.99. The standard InChI is InChI=1S/C17H18O4/c1-3-5-9-20-16(18)14-12-7-8-13(11-12)15(14)17(19)21-10-6-4-2/h7-8,12-15H,9-11H2,1-2H3/t12-,13+,14-,15+. The third-order valence-electron chi connectivity index (χ3n) is 3.93. The van der Waals surface area contributed by atoms with Crippen LogP contribution in [0.3, 0.4) is 0 Å². The van der Waals surface area contributed by atoms with Crippen molar-refractivity contribution in [1.82, 2.24) is 0 Å². The number of hydrogen-bond acceptors (Lipinski definition) is 4. The fraction of sp³-hybridized carbons (Fsp3) is 0.529. The van der Waals surface area contributed by atoms with Crippen molar-refractivity contribution < 1.29 is 19.1 Å². The van der Waals surface area contributed by atoms with Gasteiger partial charge in [0.15, 0.2) is 13.2 Å². The Morgan fingerprint density at radius 1 is 0.952 bits per heavy atom. The molecule has 4 nitrogen and oxygen atoms in total. The number of fused-ring (bicyclic) bond motifs is 2. The summed E-state index contributed by atoms with van der Waals surface area (Å²) in [5.74, 6) is 9.19. The average molecular weight is 286 g/mol. The summed E-state index contributed by atoms with van der Waals surface area (Å²) in [6.45, 7) is 3.50. The minimum atomic E-state index is -0.458. The molecule has 4 heteroatoms. The Hall–Kier alpha value is -2.20. The van der Waals surface area contributed by atoms with E-state index in [0.29, 0.717) is 0 Å². The van der Waals surface area contributed by atoms with E-state index in [9.17, 15) is 9.59 Å². The van der Waals surface area contributed by atoms with Crippen molar-refractivity contribution in [2.24, 2.45) is 23.7 Å². The maximum Gasteiger partial charge on any atom is 0.311 e. The molecule has 2 rings (SSSR count). The summed E-state index contributed by atoms with van der Waals surface area (Å²) >= 11 is 0. The van der Waals surface area contributed by atoms with Crippen molar-refractivity contribution in [2.75, 3.05) is 13.2 Å². The highest BCUT2D eigenvalue weighted by Gasteiger charge is 2.53. The van der Waals surface area contributed by atoms with Gasteiger partial charge in [-0.3, -0.25) is 9.59 Å². The molecular formula is C17H18O4. The molecule has 0 aromatic carbocycles. The second-order valence-electron chi connectivity index (χ2n) is 5.07. The monoisotopic (exact) mass is 286 g/mol. The molecule has 110 valence electrons. The van der Waals surface area contributed by atoms with Crippen LogP contribution in [0.2, 0.25) is 0 Å². The predicted octanol–water partition coefficient (Wildman–Crippen LogP) is 1.56. The van der Waals surface area contributed by atoms with Gasteiger partial charge in [-0.15, -0.1) is 11.8 Å². The molecule has 2 bridgehead atoms. The Bertz CT molecular complexity index is 517. The van der Waals surface area contributed by atoms with Gasteiger partial charge in [0.25, 0.3) is 0 Å². The van der Waals surface area contributed by atoms with Crippen molar-refractivity contribution in [3.05, 3.63) is 12.2 Å². The predicted molar refractivity (Wildman–Crippen MR) is 76.5 cm³/mol. The summed E-state index contributed by atoms with van der Waals surface area (Å²) in [5.41, 5.74) is 0. The van der Waals surface area contributed by atoms with Crippen LogP contribution in [0.4, 0.5) is 0 Å². The first-order chi connectivity index (χ1) is 10.2. The minimum Gasteiger partial charge on any atom is -0.452 e. The first-order valence-corrected chi connectivity index (χ1v) is 6.99. The van der Waals surface area contributed by atoms with Gasteiger partial charge in [-0.2, -0.15) is 0 Å². The van der Waals surface area contributed by atoms with E-state index in [1.165, 1.54) is 0 Å². The van der Waals surface area contributed by atoms with Crippen LogP contribution < -0.4 is 0 Å². The third kappa shape index (κ3) is 3.28. The molecule has 0 heterocycles. The highest BCUT2D eigenvalue weighted by molar-refractivity contribution is 5.84. The van der Waals surface area contributed by atoms with E-state index in [0.717, 1.165) is 6.42 Å². The van der Waals surface area contributed by atoms with Crippen molar-refractivity contribution in [3.63, 3.8) is 0 Å². The minimum absolute atomic E-state index is 0.0619. The zero-order chi connectivity index (χ0) is 15.2. The lowest BCUT2D eigenvalue weighted by molar-refractivity contribution is -0.159. The largest absolute Gasteiger partial charge is 0.452 e. The molecule has 1 saturated carbocycles. The average Bonchev–Trinajstić information content (AvgIpc) is 3.08. The summed E-state index contributed by atoms with van der Waals surface area (Å²) in [4.78, 5) is 24.4. The molecule has 0 spiro atoms. The zero-order valence-electron chi connectivity index (χ0n) is 12.2. The van der Waals surface area contributed by atoms with Crippen molar-refractivity contribution in [2.45, 2.75) is 20.3 Å². The number of allylic oxidation sites excluding steroid dienone is 2. The van der Waals surface area contributed by atoms with E-state index < -0.39 is 11.8 Å². The highest BCUT2D eigenvalue weighted by atomic mass is 16.5. The molecule has 0 amide bonds. The van der Waals surface area contributed by atoms with Crippen LogP contribution in [0.25, 0.3) is 0 Å². The molecule has 0 N–H and O–H groups in total. The Morgan fingerprint density at radius 3 is 1.76 bits per heavy atom. The smallest absolute Gasteiger partial charge is 0.311 e. The van der Waals surface area contributed by atoms with Gasteiger partial charge in [0.1, 0.15) is 0 Å². The van der Waals surface area contributed by atoms with E-state index in [4.69, 9.17) is 9.47 Å².